The molecule has 2 unspecified atom stereocenters. The predicted octanol–water partition coefficient (Wildman–Crippen LogP) is 5.40. The molecule has 0 aliphatic heterocycles. The van der Waals surface area contributed by atoms with E-state index in [2.05, 4.69) is 54.6 Å². The van der Waals surface area contributed by atoms with Crippen molar-refractivity contribution in [3.8, 4) is 5.75 Å². The summed E-state index contributed by atoms with van der Waals surface area (Å²) in [6.45, 7) is 0.574. The Morgan fingerprint density at radius 2 is 1.91 bits per heavy atom. The topological polar surface area (TPSA) is 9.23 Å². The van der Waals surface area contributed by atoms with Crippen molar-refractivity contribution < 1.29 is 4.74 Å². The normalized spacial score (nSPS) is 17.0. The van der Waals surface area contributed by atoms with Gasteiger partial charge in [-0.1, -0.05) is 71.9 Å². The Bertz CT molecular complexity index is 694. The average molecular weight is 343 g/mol. The molecule has 0 spiro atoms. The van der Waals surface area contributed by atoms with Gasteiger partial charge in [0.25, 0.3) is 0 Å². The minimum atomic E-state index is 0.220. The molecular formula is C20H20ClOP. The minimum Gasteiger partial charge on any atom is -0.488 e. The van der Waals surface area contributed by atoms with Gasteiger partial charge in [-0.2, -0.15) is 0 Å². The van der Waals surface area contributed by atoms with Crippen LogP contribution in [0.3, 0.4) is 0 Å². The monoisotopic (exact) mass is 342 g/mol. The molecule has 0 aromatic heterocycles. The van der Waals surface area contributed by atoms with E-state index in [1.54, 1.807) is 0 Å². The first-order chi connectivity index (χ1) is 11.3. The van der Waals surface area contributed by atoms with Crippen molar-refractivity contribution >= 4 is 24.5 Å². The van der Waals surface area contributed by atoms with E-state index in [1.165, 1.54) is 11.1 Å². The summed E-state index contributed by atoms with van der Waals surface area (Å²) in [7, 11) is 0.220. The lowest BCUT2D eigenvalue weighted by Crippen LogP contribution is -2.08. The fraction of sp³-hybridized carbons (Fsp3) is 0.200. The van der Waals surface area contributed by atoms with Gasteiger partial charge in [0.1, 0.15) is 12.4 Å². The summed E-state index contributed by atoms with van der Waals surface area (Å²) < 4.78 is 5.96. The summed E-state index contributed by atoms with van der Waals surface area (Å²) in [5.74, 6) is 1.48. The van der Waals surface area contributed by atoms with Crippen molar-refractivity contribution in [3.63, 3.8) is 0 Å². The SMILES string of the molecule is ClPc1cc(CC2C=CC=CC2)ccc1OCc1ccccc1. The fourth-order valence-electron chi connectivity index (χ4n) is 2.73. The summed E-state index contributed by atoms with van der Waals surface area (Å²) in [4.78, 5) is 0. The van der Waals surface area contributed by atoms with Crippen LogP contribution in [0.15, 0.2) is 72.8 Å². The summed E-state index contributed by atoms with van der Waals surface area (Å²) in [6.07, 6.45) is 10.9. The van der Waals surface area contributed by atoms with Crippen molar-refractivity contribution in [1.82, 2.24) is 0 Å². The van der Waals surface area contributed by atoms with E-state index in [0.717, 1.165) is 23.9 Å². The Hall–Kier alpha value is -1.56. The Kier molecular flexibility index (Phi) is 5.91. The van der Waals surface area contributed by atoms with E-state index < -0.39 is 0 Å². The Morgan fingerprint density at radius 3 is 2.65 bits per heavy atom. The highest BCUT2D eigenvalue weighted by Crippen LogP contribution is 2.26. The molecule has 0 heterocycles. The molecule has 2 atom stereocenters. The lowest BCUT2D eigenvalue weighted by atomic mass is 9.93. The van der Waals surface area contributed by atoms with Crippen LogP contribution in [0.25, 0.3) is 0 Å². The van der Waals surface area contributed by atoms with Gasteiger partial charge in [0.05, 0.1) is 0 Å². The molecule has 2 aromatic carbocycles. The number of rotatable bonds is 6. The Morgan fingerprint density at radius 1 is 1.04 bits per heavy atom. The van der Waals surface area contributed by atoms with E-state index in [4.69, 9.17) is 16.0 Å². The van der Waals surface area contributed by atoms with Gasteiger partial charge in [-0.15, -0.1) is 0 Å². The molecule has 1 aliphatic rings. The van der Waals surface area contributed by atoms with E-state index in [0.29, 0.717) is 12.5 Å². The third-order valence-corrected chi connectivity index (χ3v) is 5.16. The van der Waals surface area contributed by atoms with E-state index in [9.17, 15) is 0 Å². The quantitative estimate of drug-likeness (QED) is 0.639. The maximum atomic E-state index is 6.15. The molecule has 1 aliphatic carbocycles. The average Bonchev–Trinajstić information content (AvgIpc) is 2.62. The first-order valence-corrected chi connectivity index (χ1v) is 9.86. The van der Waals surface area contributed by atoms with Gasteiger partial charge >= 0.3 is 0 Å². The molecule has 0 saturated carbocycles. The zero-order chi connectivity index (χ0) is 15.9. The summed E-state index contributed by atoms with van der Waals surface area (Å²) in [6, 6.07) is 16.6. The second-order valence-corrected chi connectivity index (χ2v) is 7.01. The second kappa shape index (κ2) is 8.34. The van der Waals surface area contributed by atoms with Gasteiger partial charge in [-0.25, -0.2) is 0 Å². The van der Waals surface area contributed by atoms with Crippen LogP contribution in [0.4, 0.5) is 0 Å². The van der Waals surface area contributed by atoms with Crippen LogP contribution < -0.4 is 10.0 Å². The molecule has 3 rings (SSSR count). The van der Waals surface area contributed by atoms with Crippen LogP contribution in [0.5, 0.6) is 5.75 Å². The third-order valence-electron chi connectivity index (χ3n) is 3.95. The smallest absolute Gasteiger partial charge is 0.128 e. The van der Waals surface area contributed by atoms with Gasteiger partial charge in [-0.05, 0) is 42.0 Å². The molecule has 3 heteroatoms. The first kappa shape index (κ1) is 16.3. The number of hydrogen-bond donors (Lipinski definition) is 0. The summed E-state index contributed by atoms with van der Waals surface area (Å²) >= 11 is 6.15. The minimum absolute atomic E-state index is 0.220. The highest BCUT2D eigenvalue weighted by molar-refractivity contribution is 7.75. The Balaban J connectivity index is 1.67. The highest BCUT2D eigenvalue weighted by Gasteiger charge is 2.10. The third kappa shape index (κ3) is 4.70. The van der Waals surface area contributed by atoms with Crippen LogP contribution in [-0.2, 0) is 13.0 Å². The van der Waals surface area contributed by atoms with E-state index in [1.807, 2.05) is 18.2 Å². The summed E-state index contributed by atoms with van der Waals surface area (Å²) in [5.41, 5.74) is 2.49. The van der Waals surface area contributed by atoms with Gasteiger partial charge in [0, 0.05) is 13.2 Å². The fourth-order valence-corrected chi connectivity index (χ4v) is 3.66. The van der Waals surface area contributed by atoms with Crippen LogP contribution >= 0.6 is 19.2 Å². The molecule has 118 valence electrons. The first-order valence-electron chi connectivity index (χ1n) is 7.85. The molecule has 0 saturated heterocycles. The maximum Gasteiger partial charge on any atom is 0.128 e. The Labute approximate surface area is 144 Å². The number of ether oxygens (including phenoxy) is 1. The molecule has 0 N–H and O–H groups in total. The molecule has 23 heavy (non-hydrogen) atoms. The predicted molar refractivity (Wildman–Crippen MR) is 101 cm³/mol. The van der Waals surface area contributed by atoms with Crippen molar-refractivity contribution in [3.05, 3.63) is 84.0 Å². The molecule has 0 bridgehead atoms. The standard InChI is InChI=1S/C20H20ClOP/c21-23-20-14-18(13-16-7-3-1-4-8-16)11-12-19(20)22-15-17-9-5-2-6-10-17/h1-7,9-12,14,16,23H,8,13,15H2. The molecule has 0 amide bonds. The van der Waals surface area contributed by atoms with Crippen molar-refractivity contribution in [1.29, 1.82) is 0 Å². The van der Waals surface area contributed by atoms with Crippen molar-refractivity contribution in [2.45, 2.75) is 19.4 Å². The molecule has 1 nitrogen and oxygen atoms in total. The van der Waals surface area contributed by atoms with Crippen LogP contribution in [0.1, 0.15) is 17.5 Å². The van der Waals surface area contributed by atoms with E-state index >= 15 is 0 Å². The van der Waals surface area contributed by atoms with Crippen molar-refractivity contribution in [2.24, 2.45) is 5.92 Å². The highest BCUT2D eigenvalue weighted by atomic mass is 35.7. The van der Waals surface area contributed by atoms with E-state index in [-0.39, 0.29) is 7.93 Å². The maximum absolute atomic E-state index is 6.15. The molecule has 0 fully saturated rings. The second-order valence-electron chi connectivity index (χ2n) is 5.71. The zero-order valence-corrected chi connectivity index (χ0v) is 14.7. The largest absolute Gasteiger partial charge is 0.488 e. The molecular weight excluding hydrogens is 323 g/mol. The molecule has 2 aromatic rings. The van der Waals surface area contributed by atoms with Gasteiger partial charge in [0.15, 0.2) is 0 Å². The number of hydrogen-bond acceptors (Lipinski definition) is 1. The van der Waals surface area contributed by atoms with Gasteiger partial charge < -0.3 is 4.74 Å². The lowest BCUT2D eigenvalue weighted by Gasteiger charge is -2.15. The summed E-state index contributed by atoms with van der Waals surface area (Å²) in [5, 5.41) is 1.09. The number of allylic oxidation sites excluding steroid dienone is 4. The number of benzene rings is 2. The van der Waals surface area contributed by atoms with Gasteiger partial charge in [-0.3, -0.25) is 0 Å². The number of halogens is 1. The van der Waals surface area contributed by atoms with Crippen LogP contribution in [0.2, 0.25) is 0 Å². The lowest BCUT2D eigenvalue weighted by molar-refractivity contribution is 0.309. The van der Waals surface area contributed by atoms with Crippen LogP contribution in [0, 0.1) is 5.92 Å². The van der Waals surface area contributed by atoms with Gasteiger partial charge in [0.2, 0.25) is 0 Å². The van der Waals surface area contributed by atoms with Crippen LogP contribution in [-0.4, -0.2) is 0 Å². The zero-order valence-electron chi connectivity index (χ0n) is 12.9. The van der Waals surface area contributed by atoms with Crippen molar-refractivity contribution in [2.75, 3.05) is 0 Å². The molecule has 0 radical (unpaired) electrons.